The van der Waals surface area contributed by atoms with Crippen LogP contribution in [-0.4, -0.2) is 7.11 Å². The van der Waals surface area contributed by atoms with E-state index in [9.17, 15) is 5.26 Å². The Morgan fingerprint density at radius 3 is 2.32 bits per heavy atom. The van der Waals surface area contributed by atoms with Gasteiger partial charge < -0.3 is 4.74 Å². The Bertz CT molecular complexity index is 586. The maximum atomic E-state index is 9.57. The van der Waals surface area contributed by atoms with Crippen molar-refractivity contribution in [3.05, 3.63) is 65.7 Å². The average molecular weight is 251 g/mol. The van der Waals surface area contributed by atoms with Crippen molar-refractivity contribution in [2.45, 2.75) is 18.8 Å². The highest BCUT2D eigenvalue weighted by atomic mass is 16.5. The number of benzene rings is 2. The van der Waals surface area contributed by atoms with Crippen LogP contribution < -0.4 is 4.74 Å². The topological polar surface area (TPSA) is 33.0 Å². The van der Waals surface area contributed by atoms with Crippen molar-refractivity contribution in [1.29, 1.82) is 5.26 Å². The van der Waals surface area contributed by atoms with Gasteiger partial charge in [0, 0.05) is 0 Å². The molecule has 0 aromatic heterocycles. The summed E-state index contributed by atoms with van der Waals surface area (Å²) in [6, 6.07) is 20.2. The molecule has 0 amide bonds. The lowest BCUT2D eigenvalue weighted by atomic mass is 9.78. The normalized spacial score (nSPS) is 13.3. The first kappa shape index (κ1) is 13.2. The lowest BCUT2D eigenvalue weighted by molar-refractivity contribution is 0.406. The summed E-state index contributed by atoms with van der Waals surface area (Å²) in [6.45, 7) is 1.97. The van der Waals surface area contributed by atoms with Crippen LogP contribution in [0.4, 0.5) is 0 Å². The second-order valence-corrected chi connectivity index (χ2v) is 4.80. The van der Waals surface area contributed by atoms with Crippen LogP contribution in [0.3, 0.4) is 0 Å². The summed E-state index contributed by atoms with van der Waals surface area (Å²) >= 11 is 0. The molecule has 1 atom stereocenters. The van der Waals surface area contributed by atoms with E-state index in [0.29, 0.717) is 6.42 Å². The van der Waals surface area contributed by atoms with E-state index in [4.69, 9.17) is 4.74 Å². The third-order valence-corrected chi connectivity index (χ3v) is 3.39. The summed E-state index contributed by atoms with van der Waals surface area (Å²) in [6.07, 6.45) is 0.636. The van der Waals surface area contributed by atoms with Crippen LogP contribution in [0.5, 0.6) is 5.75 Å². The molecule has 2 aromatic rings. The molecular weight excluding hydrogens is 234 g/mol. The molecule has 96 valence electrons. The first-order chi connectivity index (χ1) is 9.19. The molecule has 2 aromatic carbocycles. The molecule has 0 spiro atoms. The molecule has 0 aliphatic carbocycles. The van der Waals surface area contributed by atoms with Crippen molar-refractivity contribution in [2.75, 3.05) is 7.11 Å². The summed E-state index contributed by atoms with van der Waals surface area (Å²) < 4.78 is 5.36. The van der Waals surface area contributed by atoms with E-state index in [2.05, 4.69) is 6.07 Å². The van der Waals surface area contributed by atoms with Gasteiger partial charge in [-0.15, -0.1) is 0 Å². The fourth-order valence-corrected chi connectivity index (χ4v) is 2.24. The largest absolute Gasteiger partial charge is 0.496 e. The lowest BCUT2D eigenvalue weighted by Gasteiger charge is -2.23. The Morgan fingerprint density at radius 1 is 1.05 bits per heavy atom. The summed E-state index contributed by atoms with van der Waals surface area (Å²) in [5.41, 5.74) is 1.54. The number of hydrogen-bond donors (Lipinski definition) is 0. The van der Waals surface area contributed by atoms with Crippen LogP contribution in [0.1, 0.15) is 18.1 Å². The van der Waals surface area contributed by atoms with Crippen LogP contribution in [0.15, 0.2) is 54.6 Å². The predicted molar refractivity (Wildman–Crippen MR) is 76.1 cm³/mol. The van der Waals surface area contributed by atoms with Crippen LogP contribution in [0.2, 0.25) is 0 Å². The average Bonchev–Trinajstić information content (AvgIpc) is 2.48. The number of rotatable bonds is 4. The number of ether oxygens (including phenoxy) is 1. The molecular formula is C17H17NO. The fraction of sp³-hybridized carbons (Fsp3) is 0.235. The van der Waals surface area contributed by atoms with Gasteiger partial charge in [0.1, 0.15) is 5.75 Å². The van der Waals surface area contributed by atoms with Crippen LogP contribution >= 0.6 is 0 Å². The molecule has 19 heavy (non-hydrogen) atoms. The van der Waals surface area contributed by atoms with Gasteiger partial charge >= 0.3 is 0 Å². The third kappa shape index (κ3) is 2.77. The van der Waals surface area contributed by atoms with Gasteiger partial charge in [0.15, 0.2) is 0 Å². The van der Waals surface area contributed by atoms with Crippen molar-refractivity contribution in [2.24, 2.45) is 0 Å². The molecule has 0 fully saturated rings. The van der Waals surface area contributed by atoms with Gasteiger partial charge in [0.05, 0.1) is 18.6 Å². The molecule has 2 rings (SSSR count). The summed E-state index contributed by atoms with van der Waals surface area (Å²) in [4.78, 5) is 0. The van der Waals surface area contributed by atoms with Crippen molar-refractivity contribution in [3.8, 4) is 11.8 Å². The molecule has 0 saturated heterocycles. The maximum absolute atomic E-state index is 9.57. The van der Waals surface area contributed by atoms with Crippen molar-refractivity contribution >= 4 is 0 Å². The summed E-state index contributed by atoms with van der Waals surface area (Å²) in [5.74, 6) is 0.833. The first-order valence-electron chi connectivity index (χ1n) is 6.28. The Balaban J connectivity index is 2.37. The van der Waals surface area contributed by atoms with E-state index < -0.39 is 5.41 Å². The van der Waals surface area contributed by atoms with E-state index in [1.807, 2.05) is 61.5 Å². The Labute approximate surface area is 114 Å². The van der Waals surface area contributed by atoms with Crippen molar-refractivity contribution in [3.63, 3.8) is 0 Å². The molecule has 0 bridgehead atoms. The quantitative estimate of drug-likeness (QED) is 0.829. The van der Waals surface area contributed by atoms with Gasteiger partial charge in [-0.3, -0.25) is 0 Å². The van der Waals surface area contributed by atoms with Crippen molar-refractivity contribution < 1.29 is 4.74 Å². The monoisotopic (exact) mass is 251 g/mol. The molecule has 0 saturated carbocycles. The van der Waals surface area contributed by atoms with Gasteiger partial charge in [0.2, 0.25) is 0 Å². The number of hydrogen-bond acceptors (Lipinski definition) is 2. The summed E-state index contributed by atoms with van der Waals surface area (Å²) in [5, 5.41) is 9.57. The highest BCUT2D eigenvalue weighted by Gasteiger charge is 2.27. The van der Waals surface area contributed by atoms with Gasteiger partial charge in [0.25, 0.3) is 0 Å². The zero-order chi connectivity index (χ0) is 13.7. The SMILES string of the molecule is COc1ccccc1CC(C)(C#N)c1ccccc1. The minimum absolute atomic E-state index is 0.546. The van der Waals surface area contributed by atoms with E-state index in [0.717, 1.165) is 16.9 Å². The zero-order valence-corrected chi connectivity index (χ0v) is 11.3. The third-order valence-electron chi connectivity index (χ3n) is 3.39. The number of methoxy groups -OCH3 is 1. The van der Waals surface area contributed by atoms with Gasteiger partial charge in [-0.05, 0) is 30.5 Å². The predicted octanol–water partition coefficient (Wildman–Crippen LogP) is 3.72. The first-order valence-corrected chi connectivity index (χ1v) is 6.28. The smallest absolute Gasteiger partial charge is 0.122 e. The Kier molecular flexibility index (Phi) is 3.87. The van der Waals surface area contributed by atoms with Crippen LogP contribution in [-0.2, 0) is 11.8 Å². The molecule has 1 unspecified atom stereocenters. The minimum atomic E-state index is -0.546. The van der Waals surface area contributed by atoms with Gasteiger partial charge in [-0.25, -0.2) is 0 Å². The number of nitriles is 1. The molecule has 0 aliphatic heterocycles. The Hall–Kier alpha value is -2.27. The second-order valence-electron chi connectivity index (χ2n) is 4.80. The van der Waals surface area contributed by atoms with E-state index in [1.54, 1.807) is 7.11 Å². The molecule has 2 heteroatoms. The Morgan fingerprint density at radius 2 is 1.68 bits per heavy atom. The molecule has 2 nitrogen and oxygen atoms in total. The van der Waals surface area contributed by atoms with Crippen molar-refractivity contribution in [1.82, 2.24) is 0 Å². The zero-order valence-electron chi connectivity index (χ0n) is 11.3. The molecule has 0 aliphatic rings. The highest BCUT2D eigenvalue weighted by Crippen LogP contribution is 2.31. The molecule has 0 N–H and O–H groups in total. The summed E-state index contributed by atoms with van der Waals surface area (Å²) in [7, 11) is 1.66. The fourth-order valence-electron chi connectivity index (χ4n) is 2.24. The molecule has 0 radical (unpaired) electrons. The van der Waals surface area contributed by atoms with E-state index in [-0.39, 0.29) is 0 Å². The number of para-hydroxylation sites is 1. The maximum Gasteiger partial charge on any atom is 0.122 e. The van der Waals surface area contributed by atoms with Crippen LogP contribution in [0.25, 0.3) is 0 Å². The lowest BCUT2D eigenvalue weighted by Crippen LogP contribution is -2.23. The molecule has 0 heterocycles. The minimum Gasteiger partial charge on any atom is -0.496 e. The van der Waals surface area contributed by atoms with Crippen LogP contribution in [0, 0.1) is 11.3 Å². The standard InChI is InChI=1S/C17H17NO/c1-17(13-18,15-9-4-3-5-10-15)12-14-8-6-7-11-16(14)19-2/h3-11H,12H2,1-2H3. The number of nitrogens with zero attached hydrogens (tertiary/aromatic N) is 1. The highest BCUT2D eigenvalue weighted by molar-refractivity contribution is 5.40. The van der Waals surface area contributed by atoms with Gasteiger partial charge in [-0.2, -0.15) is 5.26 Å². The van der Waals surface area contributed by atoms with Gasteiger partial charge in [-0.1, -0.05) is 48.5 Å². The van der Waals surface area contributed by atoms with E-state index in [1.165, 1.54) is 0 Å². The van der Waals surface area contributed by atoms with E-state index >= 15 is 0 Å². The second kappa shape index (κ2) is 5.58.